The fourth-order valence-electron chi connectivity index (χ4n) is 3.01. The average Bonchev–Trinajstić information content (AvgIpc) is 3.08. The number of furan rings is 1. The molecular weight excluding hydrogens is 234 g/mol. The van der Waals surface area contributed by atoms with E-state index in [1.807, 2.05) is 6.26 Å². The molecule has 1 unspecified atom stereocenters. The van der Waals surface area contributed by atoms with Crippen LogP contribution in [0.15, 0.2) is 41.2 Å². The first-order valence-electron chi connectivity index (χ1n) is 7.23. The summed E-state index contributed by atoms with van der Waals surface area (Å²) in [5, 5.41) is 3.59. The van der Waals surface area contributed by atoms with Crippen LogP contribution < -0.4 is 5.32 Å². The predicted octanol–water partition coefficient (Wildman–Crippen LogP) is 3.66. The molecular formula is C17H21NO. The van der Waals surface area contributed by atoms with Gasteiger partial charge in [-0.25, -0.2) is 0 Å². The number of hydrogen-bond donors (Lipinski definition) is 1. The summed E-state index contributed by atoms with van der Waals surface area (Å²) in [6.07, 6.45) is 8.39. The molecule has 2 aromatic rings. The maximum atomic E-state index is 5.18. The molecule has 0 bridgehead atoms. The summed E-state index contributed by atoms with van der Waals surface area (Å²) in [6.45, 7) is 3.15. The summed E-state index contributed by atoms with van der Waals surface area (Å²) in [5.74, 6) is 0. The monoisotopic (exact) mass is 255 g/mol. The number of aryl methyl sites for hydroxylation is 2. The summed E-state index contributed by atoms with van der Waals surface area (Å²) in [4.78, 5) is 0. The van der Waals surface area contributed by atoms with Crippen molar-refractivity contribution in [1.29, 1.82) is 0 Å². The van der Waals surface area contributed by atoms with Gasteiger partial charge in [-0.15, -0.1) is 0 Å². The van der Waals surface area contributed by atoms with E-state index in [2.05, 4.69) is 36.5 Å². The predicted molar refractivity (Wildman–Crippen MR) is 77.3 cm³/mol. The van der Waals surface area contributed by atoms with E-state index < -0.39 is 0 Å². The quantitative estimate of drug-likeness (QED) is 0.882. The van der Waals surface area contributed by atoms with E-state index in [0.717, 1.165) is 13.0 Å². The van der Waals surface area contributed by atoms with Gasteiger partial charge in [0.05, 0.1) is 12.5 Å². The van der Waals surface area contributed by atoms with Crippen molar-refractivity contribution in [2.75, 3.05) is 6.54 Å². The van der Waals surface area contributed by atoms with Crippen molar-refractivity contribution in [3.63, 3.8) is 0 Å². The molecule has 1 aliphatic rings. The van der Waals surface area contributed by atoms with Gasteiger partial charge in [0, 0.05) is 6.04 Å². The molecule has 0 saturated carbocycles. The summed E-state index contributed by atoms with van der Waals surface area (Å²) in [6, 6.07) is 9.44. The van der Waals surface area contributed by atoms with Gasteiger partial charge in [-0.2, -0.15) is 0 Å². The molecule has 0 saturated heterocycles. The lowest BCUT2D eigenvalue weighted by Gasteiger charge is -2.18. The lowest BCUT2D eigenvalue weighted by molar-refractivity contribution is 0.534. The standard InChI is InChI=1S/C17H21NO/c1-2-18-17(10-13-8-9-19-12-13)16-7-6-14-4-3-5-15(14)11-16/h6-9,11-12,17-18H,2-5,10H2,1H3. The van der Waals surface area contributed by atoms with Gasteiger partial charge in [0.25, 0.3) is 0 Å². The minimum Gasteiger partial charge on any atom is -0.472 e. The highest BCUT2D eigenvalue weighted by atomic mass is 16.3. The second-order valence-electron chi connectivity index (χ2n) is 5.33. The van der Waals surface area contributed by atoms with Gasteiger partial charge < -0.3 is 9.73 Å². The number of nitrogens with one attached hydrogen (secondary N) is 1. The van der Waals surface area contributed by atoms with E-state index in [9.17, 15) is 0 Å². The van der Waals surface area contributed by atoms with E-state index in [0.29, 0.717) is 6.04 Å². The van der Waals surface area contributed by atoms with Crippen LogP contribution in [0, 0.1) is 0 Å². The Hall–Kier alpha value is -1.54. The average molecular weight is 255 g/mol. The van der Waals surface area contributed by atoms with Gasteiger partial charge in [-0.3, -0.25) is 0 Å². The lowest BCUT2D eigenvalue weighted by Crippen LogP contribution is -2.23. The number of hydrogen-bond acceptors (Lipinski definition) is 2. The number of likely N-dealkylation sites (N-methyl/N-ethyl adjacent to an activating group) is 1. The highest BCUT2D eigenvalue weighted by Gasteiger charge is 2.16. The Bertz CT molecular complexity index is 530. The first kappa shape index (κ1) is 12.5. The second-order valence-corrected chi connectivity index (χ2v) is 5.33. The molecule has 0 spiro atoms. The number of fused-ring (bicyclic) bond motifs is 1. The number of benzene rings is 1. The molecule has 1 aromatic carbocycles. The molecule has 1 aromatic heterocycles. The molecule has 0 amide bonds. The van der Waals surface area contributed by atoms with Crippen LogP contribution in [0.25, 0.3) is 0 Å². The van der Waals surface area contributed by atoms with Gasteiger partial charge in [-0.05, 0) is 60.5 Å². The fourth-order valence-corrected chi connectivity index (χ4v) is 3.01. The SMILES string of the molecule is CCNC(Cc1ccoc1)c1ccc2c(c1)CCC2. The second kappa shape index (κ2) is 5.62. The molecule has 0 aliphatic heterocycles. The van der Waals surface area contributed by atoms with Crippen molar-refractivity contribution in [2.45, 2.75) is 38.6 Å². The van der Waals surface area contributed by atoms with Crippen LogP contribution in [-0.4, -0.2) is 6.54 Å². The minimum absolute atomic E-state index is 0.383. The third kappa shape index (κ3) is 2.74. The normalized spacial score (nSPS) is 15.4. The van der Waals surface area contributed by atoms with Gasteiger partial charge in [0.1, 0.15) is 0 Å². The van der Waals surface area contributed by atoms with Crippen LogP contribution in [0.4, 0.5) is 0 Å². The van der Waals surface area contributed by atoms with Crippen LogP contribution in [0.5, 0.6) is 0 Å². The fraction of sp³-hybridized carbons (Fsp3) is 0.412. The van der Waals surface area contributed by atoms with Crippen LogP contribution in [0.1, 0.15) is 41.6 Å². The van der Waals surface area contributed by atoms with Crippen molar-refractivity contribution >= 4 is 0 Å². The summed E-state index contributed by atoms with van der Waals surface area (Å²) in [7, 11) is 0. The van der Waals surface area contributed by atoms with E-state index in [1.54, 1.807) is 17.4 Å². The lowest BCUT2D eigenvalue weighted by atomic mass is 9.97. The highest BCUT2D eigenvalue weighted by molar-refractivity contribution is 5.37. The molecule has 1 aliphatic carbocycles. The van der Waals surface area contributed by atoms with Crippen LogP contribution in [0.2, 0.25) is 0 Å². The first-order valence-corrected chi connectivity index (χ1v) is 7.23. The smallest absolute Gasteiger partial charge is 0.0935 e. The Labute approximate surface area is 114 Å². The maximum absolute atomic E-state index is 5.18. The third-order valence-corrected chi connectivity index (χ3v) is 4.00. The van der Waals surface area contributed by atoms with Gasteiger partial charge in [0.2, 0.25) is 0 Å². The van der Waals surface area contributed by atoms with E-state index in [4.69, 9.17) is 4.42 Å². The third-order valence-electron chi connectivity index (χ3n) is 4.00. The van der Waals surface area contributed by atoms with Gasteiger partial charge in [0.15, 0.2) is 0 Å². The zero-order valence-corrected chi connectivity index (χ0v) is 11.5. The Morgan fingerprint density at radius 2 is 2.11 bits per heavy atom. The molecule has 1 atom stereocenters. The molecule has 0 fully saturated rings. The molecule has 2 nitrogen and oxygen atoms in total. The molecule has 19 heavy (non-hydrogen) atoms. The van der Waals surface area contributed by atoms with E-state index in [1.165, 1.54) is 30.4 Å². The topological polar surface area (TPSA) is 25.2 Å². The zero-order chi connectivity index (χ0) is 13.1. The van der Waals surface area contributed by atoms with E-state index in [-0.39, 0.29) is 0 Å². The Morgan fingerprint density at radius 1 is 1.21 bits per heavy atom. The van der Waals surface area contributed by atoms with E-state index >= 15 is 0 Å². The van der Waals surface area contributed by atoms with Gasteiger partial charge >= 0.3 is 0 Å². The van der Waals surface area contributed by atoms with Crippen molar-refractivity contribution in [1.82, 2.24) is 5.32 Å². The van der Waals surface area contributed by atoms with Crippen molar-refractivity contribution in [3.8, 4) is 0 Å². The first-order chi connectivity index (χ1) is 9.36. The Kier molecular flexibility index (Phi) is 3.69. The van der Waals surface area contributed by atoms with Gasteiger partial charge in [-0.1, -0.05) is 25.1 Å². The van der Waals surface area contributed by atoms with Crippen molar-refractivity contribution < 1.29 is 4.42 Å². The number of rotatable bonds is 5. The summed E-state index contributed by atoms with van der Waals surface area (Å²) >= 11 is 0. The molecule has 3 rings (SSSR count). The molecule has 0 radical (unpaired) electrons. The Balaban J connectivity index is 1.83. The molecule has 100 valence electrons. The zero-order valence-electron chi connectivity index (χ0n) is 11.5. The van der Waals surface area contributed by atoms with Crippen LogP contribution >= 0.6 is 0 Å². The largest absolute Gasteiger partial charge is 0.472 e. The molecule has 1 N–H and O–H groups in total. The van der Waals surface area contributed by atoms with Crippen LogP contribution in [0.3, 0.4) is 0 Å². The molecule has 2 heteroatoms. The summed E-state index contributed by atoms with van der Waals surface area (Å²) < 4.78 is 5.18. The van der Waals surface area contributed by atoms with Crippen molar-refractivity contribution in [2.24, 2.45) is 0 Å². The van der Waals surface area contributed by atoms with Crippen LogP contribution in [-0.2, 0) is 19.3 Å². The Morgan fingerprint density at radius 3 is 2.89 bits per heavy atom. The molecule has 1 heterocycles. The highest BCUT2D eigenvalue weighted by Crippen LogP contribution is 2.27. The minimum atomic E-state index is 0.383. The van der Waals surface area contributed by atoms with Crippen molar-refractivity contribution in [3.05, 3.63) is 59.0 Å². The maximum Gasteiger partial charge on any atom is 0.0935 e. The summed E-state index contributed by atoms with van der Waals surface area (Å²) in [5.41, 5.74) is 5.75.